The number of methoxy groups -OCH3 is 1. The molecule has 3 rings (SSSR count). The lowest BCUT2D eigenvalue weighted by atomic mass is 10.1. The van der Waals surface area contributed by atoms with Crippen molar-refractivity contribution < 1.29 is 4.74 Å². The minimum atomic E-state index is 0. The highest BCUT2D eigenvalue weighted by Gasteiger charge is 2.20. The van der Waals surface area contributed by atoms with E-state index < -0.39 is 0 Å². The summed E-state index contributed by atoms with van der Waals surface area (Å²) in [5.74, 6) is 1.94. The number of benzene rings is 1. The summed E-state index contributed by atoms with van der Waals surface area (Å²) >= 11 is 1.81. The molecule has 0 atom stereocenters. The van der Waals surface area contributed by atoms with Gasteiger partial charge < -0.3 is 19.9 Å². The first-order valence-electron chi connectivity index (χ1n) is 9.09. The molecule has 0 aliphatic carbocycles. The number of nitrogens with one attached hydrogen (secondary N) is 1. The van der Waals surface area contributed by atoms with Crippen molar-refractivity contribution in [3.8, 4) is 5.75 Å². The number of ether oxygens (including phenoxy) is 1. The van der Waals surface area contributed by atoms with Gasteiger partial charge in [-0.3, -0.25) is 4.99 Å². The number of thiophene rings is 1. The maximum atomic E-state index is 5.47. The van der Waals surface area contributed by atoms with E-state index in [1.807, 2.05) is 24.5 Å². The molecular formula is C20H29IN4OS. The van der Waals surface area contributed by atoms with Crippen LogP contribution in [0.2, 0.25) is 0 Å². The summed E-state index contributed by atoms with van der Waals surface area (Å²) in [5.41, 5.74) is 2.49. The number of nitrogens with zero attached hydrogens (tertiary/aromatic N) is 3. The first kappa shape index (κ1) is 21.8. The number of anilines is 1. The number of aliphatic imine (C=N–C) groups is 1. The average Bonchev–Trinajstić information content (AvgIpc) is 3.20. The Bertz CT molecular complexity index is 728. The molecule has 0 radical (unpaired) electrons. The number of piperazine rings is 1. The quantitative estimate of drug-likeness (QED) is 0.387. The molecule has 0 amide bonds. The molecule has 1 N–H and O–H groups in total. The summed E-state index contributed by atoms with van der Waals surface area (Å²) in [6, 6.07) is 10.6. The number of rotatable bonds is 5. The first-order valence-corrected chi connectivity index (χ1v) is 9.97. The van der Waals surface area contributed by atoms with Crippen LogP contribution in [0.5, 0.6) is 5.75 Å². The molecule has 1 aromatic carbocycles. The molecule has 0 bridgehead atoms. The van der Waals surface area contributed by atoms with E-state index in [0.717, 1.165) is 50.9 Å². The van der Waals surface area contributed by atoms with Crippen LogP contribution >= 0.6 is 35.3 Å². The molecule has 0 spiro atoms. The number of aryl methyl sites for hydroxylation is 1. The summed E-state index contributed by atoms with van der Waals surface area (Å²) < 4.78 is 5.47. The van der Waals surface area contributed by atoms with Crippen molar-refractivity contribution in [2.75, 3.05) is 51.8 Å². The van der Waals surface area contributed by atoms with E-state index in [1.54, 1.807) is 7.11 Å². The smallest absolute Gasteiger partial charge is 0.193 e. The van der Waals surface area contributed by atoms with Gasteiger partial charge in [-0.05, 0) is 42.5 Å². The van der Waals surface area contributed by atoms with Crippen molar-refractivity contribution in [3.05, 3.63) is 46.8 Å². The summed E-state index contributed by atoms with van der Waals surface area (Å²) in [6.07, 6.45) is 0.916. The second-order valence-corrected chi connectivity index (χ2v) is 7.39. The maximum absolute atomic E-state index is 5.47. The largest absolute Gasteiger partial charge is 0.496 e. The minimum Gasteiger partial charge on any atom is -0.496 e. The van der Waals surface area contributed by atoms with Gasteiger partial charge in [-0.15, -0.1) is 35.3 Å². The molecule has 0 unspecified atom stereocenters. The molecule has 1 aliphatic heterocycles. The highest BCUT2D eigenvalue weighted by molar-refractivity contribution is 14.0. The summed E-state index contributed by atoms with van der Waals surface area (Å²) in [5, 5.41) is 7.01. The second kappa shape index (κ2) is 10.8. The lowest BCUT2D eigenvalue weighted by Crippen LogP contribution is -2.52. The van der Waals surface area contributed by atoms with E-state index >= 15 is 0 Å². The molecule has 2 aromatic rings. The molecule has 0 saturated carbocycles. The Labute approximate surface area is 183 Å². The Hall–Kier alpha value is -1.48. The fraction of sp³-hybridized carbons (Fsp3) is 0.450. The van der Waals surface area contributed by atoms with E-state index in [0.29, 0.717) is 0 Å². The standard InChI is InChI=1S/C20H28N4OS.HI/c1-16-6-7-18(25-3)17(15-16)8-9-22-20(21-2)24-12-10-23(11-13-24)19-5-4-14-26-19;/h4-7,14-15H,8-13H2,1-3H3,(H,21,22);1H. The Morgan fingerprint density at radius 3 is 2.63 bits per heavy atom. The van der Waals surface area contributed by atoms with Gasteiger partial charge in [-0.2, -0.15) is 0 Å². The zero-order chi connectivity index (χ0) is 18.4. The molecule has 1 aromatic heterocycles. The number of halogens is 1. The average molecular weight is 500 g/mol. The van der Waals surface area contributed by atoms with Gasteiger partial charge in [0.25, 0.3) is 0 Å². The molecule has 27 heavy (non-hydrogen) atoms. The second-order valence-electron chi connectivity index (χ2n) is 6.46. The third kappa shape index (κ3) is 5.75. The predicted molar refractivity (Wildman–Crippen MR) is 126 cm³/mol. The van der Waals surface area contributed by atoms with E-state index in [-0.39, 0.29) is 24.0 Å². The van der Waals surface area contributed by atoms with Crippen LogP contribution in [-0.2, 0) is 6.42 Å². The zero-order valence-corrected chi connectivity index (χ0v) is 19.4. The monoisotopic (exact) mass is 500 g/mol. The van der Waals surface area contributed by atoms with Gasteiger partial charge in [0.2, 0.25) is 0 Å². The topological polar surface area (TPSA) is 40.1 Å². The lowest BCUT2D eigenvalue weighted by molar-refractivity contribution is 0.373. The van der Waals surface area contributed by atoms with Gasteiger partial charge in [0.1, 0.15) is 5.75 Å². The van der Waals surface area contributed by atoms with Gasteiger partial charge in [0.15, 0.2) is 5.96 Å². The number of hydrogen-bond acceptors (Lipinski definition) is 4. The molecule has 2 heterocycles. The van der Waals surface area contributed by atoms with Crippen molar-refractivity contribution in [1.29, 1.82) is 0 Å². The molecule has 7 heteroatoms. The molecule has 148 valence electrons. The summed E-state index contributed by atoms with van der Waals surface area (Å²) in [7, 11) is 3.59. The first-order chi connectivity index (χ1) is 12.7. The van der Waals surface area contributed by atoms with Crippen molar-refractivity contribution >= 4 is 46.3 Å². The van der Waals surface area contributed by atoms with Gasteiger partial charge in [0.05, 0.1) is 12.1 Å². The Balaban J connectivity index is 0.00000261. The maximum Gasteiger partial charge on any atom is 0.193 e. The van der Waals surface area contributed by atoms with Crippen LogP contribution in [0.4, 0.5) is 5.00 Å². The molecule has 1 aliphatic rings. The van der Waals surface area contributed by atoms with Crippen LogP contribution < -0.4 is 15.0 Å². The zero-order valence-electron chi connectivity index (χ0n) is 16.3. The Kier molecular flexibility index (Phi) is 8.69. The Morgan fingerprint density at radius 2 is 2.00 bits per heavy atom. The fourth-order valence-corrected chi connectivity index (χ4v) is 4.12. The van der Waals surface area contributed by atoms with Gasteiger partial charge >= 0.3 is 0 Å². The molecule has 5 nitrogen and oxygen atoms in total. The predicted octanol–water partition coefficient (Wildman–Crippen LogP) is 3.62. The fourth-order valence-electron chi connectivity index (χ4n) is 3.33. The Morgan fingerprint density at radius 1 is 1.22 bits per heavy atom. The van der Waals surface area contributed by atoms with Gasteiger partial charge in [-0.25, -0.2) is 0 Å². The van der Waals surface area contributed by atoms with Crippen LogP contribution in [0.25, 0.3) is 0 Å². The highest BCUT2D eigenvalue weighted by atomic mass is 127. The van der Waals surface area contributed by atoms with Gasteiger partial charge in [-0.1, -0.05) is 17.7 Å². The number of hydrogen-bond donors (Lipinski definition) is 1. The highest BCUT2D eigenvalue weighted by Crippen LogP contribution is 2.22. The third-order valence-corrected chi connectivity index (χ3v) is 5.65. The van der Waals surface area contributed by atoms with Gasteiger partial charge in [0, 0.05) is 39.8 Å². The van der Waals surface area contributed by atoms with Crippen LogP contribution in [0.3, 0.4) is 0 Å². The molecule has 1 saturated heterocycles. The summed E-state index contributed by atoms with van der Waals surface area (Å²) in [6.45, 7) is 7.01. The minimum absolute atomic E-state index is 0. The molecule has 1 fully saturated rings. The van der Waals surface area contributed by atoms with Crippen molar-refractivity contribution in [3.63, 3.8) is 0 Å². The lowest BCUT2D eigenvalue weighted by Gasteiger charge is -2.37. The van der Waals surface area contributed by atoms with Crippen molar-refractivity contribution in [1.82, 2.24) is 10.2 Å². The third-order valence-electron chi connectivity index (χ3n) is 4.72. The van der Waals surface area contributed by atoms with E-state index in [2.05, 4.69) is 56.7 Å². The summed E-state index contributed by atoms with van der Waals surface area (Å²) in [4.78, 5) is 9.27. The van der Waals surface area contributed by atoms with Crippen molar-refractivity contribution in [2.45, 2.75) is 13.3 Å². The van der Waals surface area contributed by atoms with Crippen LogP contribution in [-0.4, -0.2) is 57.7 Å². The van der Waals surface area contributed by atoms with E-state index in [4.69, 9.17) is 4.74 Å². The SMILES string of the molecule is CN=C(NCCc1cc(C)ccc1OC)N1CCN(c2cccs2)CC1.I. The van der Waals surface area contributed by atoms with Crippen molar-refractivity contribution in [2.24, 2.45) is 4.99 Å². The number of guanidine groups is 1. The van der Waals surface area contributed by atoms with Crippen LogP contribution in [0.1, 0.15) is 11.1 Å². The normalized spacial score (nSPS) is 14.7. The van der Waals surface area contributed by atoms with E-state index in [9.17, 15) is 0 Å². The van der Waals surface area contributed by atoms with Crippen LogP contribution in [0, 0.1) is 6.92 Å². The van der Waals surface area contributed by atoms with Crippen LogP contribution in [0.15, 0.2) is 40.7 Å². The molecular weight excluding hydrogens is 471 g/mol. The van der Waals surface area contributed by atoms with E-state index in [1.165, 1.54) is 16.1 Å².